The van der Waals surface area contributed by atoms with Crippen molar-refractivity contribution in [3.63, 3.8) is 0 Å². The first-order valence-electron chi connectivity index (χ1n) is 6.88. The summed E-state index contributed by atoms with van der Waals surface area (Å²) >= 11 is 0. The summed E-state index contributed by atoms with van der Waals surface area (Å²) in [5.41, 5.74) is -0.207. The lowest BCUT2D eigenvalue weighted by Gasteiger charge is -2.39. The highest BCUT2D eigenvalue weighted by Crippen LogP contribution is 2.30. The molecule has 1 rings (SSSR count). The van der Waals surface area contributed by atoms with Crippen molar-refractivity contribution in [3.8, 4) is 12.3 Å². The summed E-state index contributed by atoms with van der Waals surface area (Å²) in [6.45, 7) is 10.9. The molecule has 0 unspecified atom stereocenters. The van der Waals surface area contributed by atoms with Crippen LogP contribution >= 0.6 is 0 Å². The van der Waals surface area contributed by atoms with Gasteiger partial charge in [-0.15, -0.1) is 6.42 Å². The Morgan fingerprint density at radius 2 is 2.00 bits per heavy atom. The van der Waals surface area contributed by atoms with E-state index in [4.69, 9.17) is 11.2 Å². The van der Waals surface area contributed by atoms with Crippen LogP contribution in [-0.4, -0.2) is 42.8 Å². The van der Waals surface area contributed by atoms with Crippen molar-refractivity contribution in [1.82, 2.24) is 10.2 Å². The molecule has 0 aromatic rings. The molecule has 1 N–H and O–H groups in total. The Bertz CT molecular complexity index is 344. The van der Waals surface area contributed by atoms with Gasteiger partial charge >= 0.3 is 6.09 Å². The number of hydrogen-bond acceptors (Lipinski definition) is 3. The molecule has 0 saturated carbocycles. The van der Waals surface area contributed by atoms with Crippen molar-refractivity contribution in [2.24, 2.45) is 5.41 Å². The molecule has 1 aliphatic rings. The molecule has 4 heteroatoms. The van der Waals surface area contributed by atoms with Crippen molar-refractivity contribution >= 4 is 6.09 Å². The van der Waals surface area contributed by atoms with Crippen LogP contribution in [0.3, 0.4) is 0 Å². The van der Waals surface area contributed by atoms with Crippen LogP contribution in [0.2, 0.25) is 0 Å². The second kappa shape index (κ2) is 6.29. The van der Waals surface area contributed by atoms with Gasteiger partial charge in [0.05, 0.1) is 6.54 Å². The van der Waals surface area contributed by atoms with Crippen molar-refractivity contribution in [1.29, 1.82) is 0 Å². The van der Waals surface area contributed by atoms with Gasteiger partial charge in [0.15, 0.2) is 0 Å². The average molecular weight is 266 g/mol. The molecule has 1 amide bonds. The normalized spacial score (nSPS) is 18.8. The molecule has 0 spiro atoms. The highest BCUT2D eigenvalue weighted by molar-refractivity contribution is 5.68. The van der Waals surface area contributed by atoms with E-state index in [1.165, 1.54) is 0 Å². The summed E-state index contributed by atoms with van der Waals surface area (Å²) in [4.78, 5) is 13.7. The van der Waals surface area contributed by atoms with Crippen molar-refractivity contribution in [2.45, 2.75) is 46.1 Å². The number of terminal acetylenes is 1. The smallest absolute Gasteiger partial charge is 0.410 e. The van der Waals surface area contributed by atoms with Crippen LogP contribution in [0.25, 0.3) is 0 Å². The molecule has 4 nitrogen and oxygen atoms in total. The quantitative estimate of drug-likeness (QED) is 0.629. The molecule has 1 aliphatic heterocycles. The molecule has 19 heavy (non-hydrogen) atoms. The van der Waals surface area contributed by atoms with Crippen molar-refractivity contribution in [2.75, 3.05) is 26.2 Å². The van der Waals surface area contributed by atoms with Crippen LogP contribution in [0.15, 0.2) is 0 Å². The standard InChI is InChI=1S/C15H26N2O2/c1-6-9-16-12-15(5)7-10-17(11-8-15)13(18)19-14(2,3)4/h1,16H,7-12H2,2-5H3. The molecule has 0 aliphatic carbocycles. The summed E-state index contributed by atoms with van der Waals surface area (Å²) in [6.07, 6.45) is 6.98. The number of likely N-dealkylation sites (tertiary alicyclic amines) is 1. The molecule has 0 atom stereocenters. The lowest BCUT2D eigenvalue weighted by atomic mass is 9.80. The molecular weight excluding hydrogens is 240 g/mol. The maximum absolute atomic E-state index is 11.9. The van der Waals surface area contributed by atoms with Gasteiger partial charge in [-0.1, -0.05) is 12.8 Å². The molecule has 0 bridgehead atoms. The minimum atomic E-state index is -0.424. The topological polar surface area (TPSA) is 41.6 Å². The van der Waals surface area contributed by atoms with Crippen molar-refractivity contribution < 1.29 is 9.53 Å². The van der Waals surface area contributed by atoms with Crippen LogP contribution in [0, 0.1) is 17.8 Å². The summed E-state index contributed by atoms with van der Waals surface area (Å²) < 4.78 is 5.39. The van der Waals surface area contributed by atoms with Crippen LogP contribution in [-0.2, 0) is 4.74 Å². The second-order valence-corrected chi connectivity index (χ2v) is 6.59. The van der Waals surface area contributed by atoms with E-state index in [1.54, 1.807) is 4.90 Å². The Hall–Kier alpha value is -1.21. The van der Waals surface area contributed by atoms with Gasteiger partial charge in [0.25, 0.3) is 0 Å². The molecule has 1 heterocycles. The lowest BCUT2D eigenvalue weighted by Crippen LogP contribution is -2.47. The average Bonchev–Trinajstić information content (AvgIpc) is 2.27. The van der Waals surface area contributed by atoms with Crippen LogP contribution in [0.1, 0.15) is 40.5 Å². The fourth-order valence-corrected chi connectivity index (χ4v) is 2.17. The van der Waals surface area contributed by atoms with E-state index in [2.05, 4.69) is 18.2 Å². The van der Waals surface area contributed by atoms with Gasteiger partial charge < -0.3 is 15.0 Å². The van der Waals surface area contributed by atoms with Gasteiger partial charge in [-0.25, -0.2) is 4.79 Å². The number of hydrogen-bond donors (Lipinski definition) is 1. The fourth-order valence-electron chi connectivity index (χ4n) is 2.17. The number of nitrogens with one attached hydrogen (secondary N) is 1. The van der Waals surface area contributed by atoms with Crippen LogP contribution in [0.5, 0.6) is 0 Å². The Kier molecular flexibility index (Phi) is 5.25. The zero-order valence-electron chi connectivity index (χ0n) is 12.6. The third kappa shape index (κ3) is 5.52. The monoisotopic (exact) mass is 266 g/mol. The van der Waals surface area contributed by atoms with E-state index in [0.717, 1.165) is 32.5 Å². The van der Waals surface area contributed by atoms with Crippen LogP contribution < -0.4 is 5.32 Å². The highest BCUT2D eigenvalue weighted by Gasteiger charge is 2.33. The Morgan fingerprint density at radius 1 is 1.42 bits per heavy atom. The number of nitrogens with zero attached hydrogens (tertiary/aromatic N) is 1. The largest absolute Gasteiger partial charge is 0.444 e. The Morgan fingerprint density at radius 3 is 2.47 bits per heavy atom. The maximum Gasteiger partial charge on any atom is 0.410 e. The predicted octanol–water partition coefficient (Wildman–Crippen LogP) is 2.25. The van der Waals surface area contributed by atoms with Gasteiger partial charge in [-0.3, -0.25) is 0 Å². The fraction of sp³-hybridized carbons (Fsp3) is 0.800. The highest BCUT2D eigenvalue weighted by atomic mass is 16.6. The third-order valence-electron chi connectivity index (χ3n) is 3.40. The van der Waals surface area contributed by atoms with Crippen molar-refractivity contribution in [3.05, 3.63) is 0 Å². The number of ether oxygens (including phenoxy) is 1. The lowest BCUT2D eigenvalue weighted by molar-refractivity contribution is 0.0120. The number of rotatable bonds is 3. The van der Waals surface area contributed by atoms with Gasteiger partial charge in [-0.05, 0) is 39.0 Å². The zero-order valence-corrected chi connectivity index (χ0v) is 12.6. The molecule has 1 saturated heterocycles. The molecule has 1 fully saturated rings. The minimum absolute atomic E-state index is 0.203. The second-order valence-electron chi connectivity index (χ2n) is 6.59. The van der Waals surface area contributed by atoms with Gasteiger partial charge in [0.2, 0.25) is 0 Å². The number of piperidine rings is 1. The van der Waals surface area contributed by atoms with E-state index in [9.17, 15) is 4.79 Å². The first kappa shape index (κ1) is 15.8. The third-order valence-corrected chi connectivity index (χ3v) is 3.40. The summed E-state index contributed by atoms with van der Waals surface area (Å²) in [6, 6.07) is 0. The van der Waals surface area contributed by atoms with Crippen LogP contribution in [0.4, 0.5) is 4.79 Å². The SMILES string of the molecule is C#CCNCC1(C)CCN(C(=O)OC(C)(C)C)CC1. The van der Waals surface area contributed by atoms with E-state index in [1.807, 2.05) is 20.8 Å². The zero-order chi connectivity index (χ0) is 14.5. The number of amides is 1. The number of carbonyl (C=O) groups is 1. The van der Waals surface area contributed by atoms with E-state index in [0.29, 0.717) is 6.54 Å². The molecular formula is C15H26N2O2. The molecule has 0 aromatic heterocycles. The Labute approximate surface area is 116 Å². The predicted molar refractivity (Wildman–Crippen MR) is 76.9 cm³/mol. The summed E-state index contributed by atoms with van der Waals surface area (Å²) in [5.74, 6) is 2.58. The minimum Gasteiger partial charge on any atom is -0.444 e. The first-order chi connectivity index (χ1) is 8.76. The van der Waals surface area contributed by atoms with Gasteiger partial charge in [-0.2, -0.15) is 0 Å². The van der Waals surface area contributed by atoms with E-state index >= 15 is 0 Å². The summed E-state index contributed by atoms with van der Waals surface area (Å²) in [5, 5.41) is 3.26. The summed E-state index contributed by atoms with van der Waals surface area (Å²) in [7, 11) is 0. The van der Waals surface area contributed by atoms with E-state index < -0.39 is 5.60 Å². The molecule has 108 valence electrons. The van der Waals surface area contributed by atoms with Gasteiger partial charge in [0.1, 0.15) is 5.60 Å². The molecule has 0 aromatic carbocycles. The Balaban J connectivity index is 2.40. The maximum atomic E-state index is 11.9. The number of carbonyl (C=O) groups excluding carboxylic acids is 1. The van der Waals surface area contributed by atoms with E-state index in [-0.39, 0.29) is 11.5 Å². The molecule has 0 radical (unpaired) electrons. The van der Waals surface area contributed by atoms with Gasteiger partial charge in [0, 0.05) is 19.6 Å². The first-order valence-corrected chi connectivity index (χ1v) is 6.88.